The van der Waals surface area contributed by atoms with Crippen LogP contribution in [-0.2, 0) is 0 Å². The summed E-state index contributed by atoms with van der Waals surface area (Å²) in [5.41, 5.74) is 2.94. The van der Waals surface area contributed by atoms with Crippen LogP contribution in [0, 0.1) is 0 Å². The van der Waals surface area contributed by atoms with Gasteiger partial charge in [0.25, 0.3) is 0 Å². The van der Waals surface area contributed by atoms with E-state index in [-0.39, 0.29) is 0 Å². The van der Waals surface area contributed by atoms with E-state index in [4.69, 9.17) is 0 Å². The van der Waals surface area contributed by atoms with Crippen LogP contribution in [-0.4, -0.2) is 11.2 Å². The van der Waals surface area contributed by atoms with Crippen molar-refractivity contribution in [3.05, 3.63) is 48.7 Å². The van der Waals surface area contributed by atoms with Crippen molar-refractivity contribution in [3.63, 3.8) is 0 Å². The van der Waals surface area contributed by atoms with E-state index in [0.717, 1.165) is 22.6 Å². The number of hydrogen-bond acceptors (Lipinski definition) is 1. The van der Waals surface area contributed by atoms with Crippen LogP contribution in [0.5, 0.6) is 0 Å². The molecule has 0 spiro atoms. The van der Waals surface area contributed by atoms with Crippen LogP contribution in [0.4, 0.5) is 5.82 Å². The Balaban J connectivity index is 3.38. The second kappa shape index (κ2) is 5.71. The van der Waals surface area contributed by atoms with E-state index in [1.807, 2.05) is 19.1 Å². The highest BCUT2D eigenvalue weighted by molar-refractivity contribution is 5.80. The first-order valence-corrected chi connectivity index (χ1v) is 5.07. The van der Waals surface area contributed by atoms with Gasteiger partial charge in [0.1, 0.15) is 5.82 Å². The normalized spacial score (nSPS) is 11.1. The first kappa shape index (κ1) is 12.0. The smallest absolute Gasteiger partial charge is 0.137 e. The molecule has 2 heteroatoms. The lowest BCUT2D eigenvalue weighted by Gasteiger charge is -1.93. The Labute approximate surface area is 96.4 Å². The maximum Gasteiger partial charge on any atom is 0.137 e. The molecule has 0 unspecified atom stereocenters. The largest absolute Gasteiger partial charge is 0.339 e. The third-order valence-electron chi connectivity index (χ3n) is 2.15. The molecule has 1 aromatic rings. The second-order valence-corrected chi connectivity index (χ2v) is 3.10. The molecule has 0 amide bonds. The number of aliphatic imine (C=N–C) groups is 1. The van der Waals surface area contributed by atoms with Gasteiger partial charge in [0.05, 0.1) is 0 Å². The van der Waals surface area contributed by atoms with Crippen molar-refractivity contribution in [1.29, 1.82) is 0 Å². The van der Waals surface area contributed by atoms with Gasteiger partial charge in [-0.25, -0.2) is 4.99 Å². The number of hydrogen-bond donors (Lipinski definition) is 1. The summed E-state index contributed by atoms with van der Waals surface area (Å²) < 4.78 is 0. The van der Waals surface area contributed by atoms with E-state index in [1.165, 1.54) is 0 Å². The van der Waals surface area contributed by atoms with Gasteiger partial charge in [-0.2, -0.15) is 0 Å². The van der Waals surface area contributed by atoms with E-state index in [2.05, 4.69) is 29.7 Å². The summed E-state index contributed by atoms with van der Waals surface area (Å²) in [6.07, 6.45) is 10.8. The molecule has 2 nitrogen and oxygen atoms in total. The molecule has 0 saturated heterocycles. The number of aromatic nitrogens is 1. The van der Waals surface area contributed by atoms with Gasteiger partial charge in [0.15, 0.2) is 0 Å². The molecular formula is C14H16N2. The van der Waals surface area contributed by atoms with Gasteiger partial charge >= 0.3 is 0 Å². The highest BCUT2D eigenvalue weighted by Gasteiger charge is 2.09. The number of H-pyrrole nitrogens is 1. The monoisotopic (exact) mass is 212 g/mol. The molecule has 1 heterocycles. The summed E-state index contributed by atoms with van der Waals surface area (Å²) >= 11 is 0. The molecule has 0 aliphatic carbocycles. The third-order valence-corrected chi connectivity index (χ3v) is 2.15. The van der Waals surface area contributed by atoms with Gasteiger partial charge in [-0.15, -0.1) is 0 Å². The summed E-state index contributed by atoms with van der Waals surface area (Å²) in [6.45, 7) is 13.1. The first-order chi connectivity index (χ1) is 7.78. The highest BCUT2D eigenvalue weighted by Crippen LogP contribution is 2.28. The zero-order chi connectivity index (χ0) is 12.0. The van der Waals surface area contributed by atoms with Gasteiger partial charge in [0.2, 0.25) is 0 Å². The minimum Gasteiger partial charge on any atom is -0.339 e. The molecule has 0 aliphatic rings. The summed E-state index contributed by atoms with van der Waals surface area (Å²) in [6, 6.07) is 0. The van der Waals surface area contributed by atoms with Gasteiger partial charge in [-0.05, 0) is 13.0 Å². The minimum absolute atomic E-state index is 0.802. The van der Waals surface area contributed by atoms with Crippen LogP contribution in [0.2, 0.25) is 0 Å². The molecule has 1 aromatic heterocycles. The van der Waals surface area contributed by atoms with Crippen molar-refractivity contribution < 1.29 is 0 Å². The van der Waals surface area contributed by atoms with Crippen LogP contribution < -0.4 is 0 Å². The SMILES string of the molecule is C=C/C=C\c1[nH]c(/N=C\C)c(C=C)c1C=C. The van der Waals surface area contributed by atoms with Crippen molar-refractivity contribution in [2.45, 2.75) is 6.92 Å². The third kappa shape index (κ3) is 2.28. The van der Waals surface area contributed by atoms with Gasteiger partial charge in [-0.3, -0.25) is 0 Å². The maximum absolute atomic E-state index is 4.26. The predicted molar refractivity (Wildman–Crippen MR) is 74.0 cm³/mol. The lowest BCUT2D eigenvalue weighted by Crippen LogP contribution is -1.76. The van der Waals surface area contributed by atoms with E-state index in [9.17, 15) is 0 Å². The van der Waals surface area contributed by atoms with Crippen molar-refractivity contribution in [1.82, 2.24) is 4.98 Å². The van der Waals surface area contributed by atoms with E-state index < -0.39 is 0 Å². The van der Waals surface area contributed by atoms with Crippen molar-refractivity contribution in [2.75, 3.05) is 0 Å². The number of allylic oxidation sites excluding steroid dienone is 2. The molecule has 0 fully saturated rings. The number of nitrogens with zero attached hydrogens (tertiary/aromatic N) is 1. The van der Waals surface area contributed by atoms with Crippen LogP contribution in [0.25, 0.3) is 18.2 Å². The quantitative estimate of drug-likeness (QED) is 0.559. The number of nitrogens with one attached hydrogen (secondary N) is 1. The number of rotatable bonds is 5. The van der Waals surface area contributed by atoms with Crippen LogP contribution >= 0.6 is 0 Å². The van der Waals surface area contributed by atoms with E-state index in [1.54, 1.807) is 24.4 Å². The Morgan fingerprint density at radius 2 is 1.81 bits per heavy atom. The highest BCUT2D eigenvalue weighted by atomic mass is 14.9. The fourth-order valence-corrected chi connectivity index (χ4v) is 1.49. The fraction of sp³-hybridized carbons (Fsp3) is 0.0714. The lowest BCUT2D eigenvalue weighted by atomic mass is 10.1. The predicted octanol–water partition coefficient (Wildman–Crippen LogP) is 4.22. The molecular weight excluding hydrogens is 196 g/mol. The van der Waals surface area contributed by atoms with Crippen LogP contribution in [0.15, 0.2) is 36.9 Å². The van der Waals surface area contributed by atoms with Crippen LogP contribution in [0.3, 0.4) is 0 Å². The summed E-state index contributed by atoms with van der Waals surface area (Å²) in [4.78, 5) is 7.47. The van der Waals surface area contributed by atoms with Crippen molar-refractivity contribution >= 4 is 30.3 Å². The molecule has 0 saturated carbocycles. The molecule has 16 heavy (non-hydrogen) atoms. The average Bonchev–Trinajstić information content (AvgIpc) is 2.63. The number of aromatic amines is 1. The zero-order valence-corrected chi connectivity index (χ0v) is 9.53. The molecule has 82 valence electrons. The minimum atomic E-state index is 0.802. The summed E-state index contributed by atoms with van der Waals surface area (Å²) in [5.74, 6) is 0.802. The molecule has 0 atom stereocenters. The van der Waals surface area contributed by atoms with Gasteiger partial charge in [0, 0.05) is 23.0 Å². The molecule has 0 radical (unpaired) electrons. The van der Waals surface area contributed by atoms with Crippen LogP contribution in [0.1, 0.15) is 23.7 Å². The standard InChI is InChI=1S/C14H16N2/c1-5-9-10-13-11(6-2)12(7-3)14(16-13)15-8-4/h5-10,16H,1-3H2,4H3/b10-9-,15-8-. The average molecular weight is 212 g/mol. The van der Waals surface area contributed by atoms with Gasteiger partial charge < -0.3 is 4.98 Å². The Hall–Kier alpha value is -2.09. The lowest BCUT2D eigenvalue weighted by molar-refractivity contribution is 1.31. The Bertz CT molecular complexity index is 459. The fourth-order valence-electron chi connectivity index (χ4n) is 1.49. The second-order valence-electron chi connectivity index (χ2n) is 3.10. The Kier molecular flexibility index (Phi) is 4.28. The van der Waals surface area contributed by atoms with E-state index >= 15 is 0 Å². The Morgan fingerprint density at radius 1 is 1.12 bits per heavy atom. The topological polar surface area (TPSA) is 28.1 Å². The molecule has 1 rings (SSSR count). The van der Waals surface area contributed by atoms with Gasteiger partial charge in [-0.1, -0.05) is 44.0 Å². The van der Waals surface area contributed by atoms with Crippen molar-refractivity contribution in [3.8, 4) is 0 Å². The molecule has 1 N–H and O–H groups in total. The summed E-state index contributed by atoms with van der Waals surface area (Å²) in [7, 11) is 0. The summed E-state index contributed by atoms with van der Waals surface area (Å²) in [5, 5.41) is 0. The molecule has 0 bridgehead atoms. The van der Waals surface area contributed by atoms with Crippen molar-refractivity contribution in [2.24, 2.45) is 4.99 Å². The molecule has 0 aromatic carbocycles. The first-order valence-electron chi connectivity index (χ1n) is 5.07. The molecule has 0 aliphatic heterocycles. The maximum atomic E-state index is 4.26. The van der Waals surface area contributed by atoms with E-state index in [0.29, 0.717) is 0 Å². The Morgan fingerprint density at radius 3 is 2.31 bits per heavy atom. The zero-order valence-electron chi connectivity index (χ0n) is 9.53.